The van der Waals surface area contributed by atoms with Gasteiger partial charge in [-0.3, -0.25) is 0 Å². The van der Waals surface area contributed by atoms with Crippen molar-refractivity contribution in [1.82, 2.24) is 5.32 Å². The number of nitrogens with one attached hydrogen (secondary N) is 1. The smallest absolute Gasteiger partial charge is 0.0986 e. The number of hydrogen-bond acceptors (Lipinski definition) is 2. The highest BCUT2D eigenvalue weighted by Gasteiger charge is 2.28. The number of allylic oxidation sites excluding steroid dienone is 1. The summed E-state index contributed by atoms with van der Waals surface area (Å²) in [5.74, 6) is 0. The topological polar surface area (TPSA) is 21.3 Å². The lowest BCUT2D eigenvalue weighted by atomic mass is 9.95. The second-order valence-electron chi connectivity index (χ2n) is 3.65. The number of hydrogen-bond donors (Lipinski definition) is 1. The Bertz CT molecular complexity index is 154. The van der Waals surface area contributed by atoms with E-state index in [1.807, 2.05) is 0 Å². The van der Waals surface area contributed by atoms with Crippen molar-refractivity contribution in [3.05, 3.63) is 12.2 Å². The molecule has 2 heteroatoms. The summed E-state index contributed by atoms with van der Waals surface area (Å²) >= 11 is 0. The number of morpholine rings is 1. The molecule has 1 heterocycles. The van der Waals surface area contributed by atoms with Crippen molar-refractivity contribution in [1.29, 1.82) is 0 Å². The fourth-order valence-electron chi connectivity index (χ4n) is 1.78. The third kappa shape index (κ3) is 3.12. The molecule has 0 spiro atoms. The summed E-state index contributed by atoms with van der Waals surface area (Å²) in [6.07, 6.45) is 7.84. The zero-order valence-electron chi connectivity index (χ0n) is 8.81. The molecule has 0 amide bonds. The Morgan fingerprint density at radius 3 is 2.85 bits per heavy atom. The van der Waals surface area contributed by atoms with E-state index in [0.717, 1.165) is 32.5 Å². The predicted molar refractivity (Wildman–Crippen MR) is 55.9 cm³/mol. The minimum atomic E-state index is -0.0109. The van der Waals surface area contributed by atoms with Crippen LogP contribution in [0.4, 0.5) is 0 Å². The van der Waals surface area contributed by atoms with Crippen molar-refractivity contribution in [2.24, 2.45) is 0 Å². The van der Waals surface area contributed by atoms with Gasteiger partial charge in [-0.25, -0.2) is 0 Å². The lowest BCUT2D eigenvalue weighted by molar-refractivity contribution is -0.0363. The van der Waals surface area contributed by atoms with Crippen LogP contribution in [-0.2, 0) is 4.74 Å². The highest BCUT2D eigenvalue weighted by atomic mass is 16.5. The highest BCUT2D eigenvalue weighted by molar-refractivity contribution is 5.04. The van der Waals surface area contributed by atoms with Crippen LogP contribution in [0.5, 0.6) is 0 Å². The largest absolute Gasteiger partial charge is 0.368 e. The van der Waals surface area contributed by atoms with Crippen molar-refractivity contribution in [3.63, 3.8) is 0 Å². The summed E-state index contributed by atoms with van der Waals surface area (Å²) in [4.78, 5) is 0. The van der Waals surface area contributed by atoms with Crippen LogP contribution < -0.4 is 5.32 Å². The van der Waals surface area contributed by atoms with Crippen LogP contribution in [0, 0.1) is 0 Å². The minimum absolute atomic E-state index is 0.0109. The standard InChI is InChI=1S/C11H21NO/c1-3-5-7-11(6-4-2)10-12-8-9-13-11/h5,7,12H,3-4,6,8-10H2,1-2H3. The molecule has 76 valence electrons. The molecular formula is C11H21NO. The molecule has 0 aromatic rings. The van der Waals surface area contributed by atoms with E-state index in [1.54, 1.807) is 0 Å². The molecule has 0 bridgehead atoms. The fraction of sp³-hybridized carbons (Fsp3) is 0.818. The van der Waals surface area contributed by atoms with Gasteiger partial charge in [0, 0.05) is 13.1 Å². The third-order valence-corrected chi connectivity index (χ3v) is 2.42. The van der Waals surface area contributed by atoms with Crippen molar-refractivity contribution in [2.45, 2.75) is 38.7 Å². The molecule has 1 N–H and O–H groups in total. The Labute approximate surface area is 81.4 Å². The lowest BCUT2D eigenvalue weighted by Crippen LogP contribution is -2.48. The van der Waals surface area contributed by atoms with Crippen molar-refractivity contribution in [3.8, 4) is 0 Å². The summed E-state index contributed by atoms with van der Waals surface area (Å²) in [5.41, 5.74) is -0.0109. The van der Waals surface area contributed by atoms with Crippen LogP contribution in [0.15, 0.2) is 12.2 Å². The maximum Gasteiger partial charge on any atom is 0.0986 e. The zero-order chi connectivity index (χ0) is 9.57. The number of rotatable bonds is 4. The van der Waals surface area contributed by atoms with E-state index in [0.29, 0.717) is 0 Å². The molecule has 2 nitrogen and oxygen atoms in total. The van der Waals surface area contributed by atoms with E-state index < -0.39 is 0 Å². The molecule has 1 aliphatic rings. The van der Waals surface area contributed by atoms with E-state index in [4.69, 9.17) is 4.74 Å². The van der Waals surface area contributed by atoms with Gasteiger partial charge < -0.3 is 10.1 Å². The van der Waals surface area contributed by atoms with Gasteiger partial charge in [0.25, 0.3) is 0 Å². The van der Waals surface area contributed by atoms with Gasteiger partial charge in [-0.05, 0) is 12.8 Å². The summed E-state index contributed by atoms with van der Waals surface area (Å²) in [5, 5.41) is 3.39. The van der Waals surface area contributed by atoms with Gasteiger partial charge in [0.1, 0.15) is 0 Å². The minimum Gasteiger partial charge on any atom is -0.368 e. The molecule has 0 radical (unpaired) electrons. The molecule has 1 rings (SSSR count). The van der Waals surface area contributed by atoms with Gasteiger partial charge in [0.2, 0.25) is 0 Å². The third-order valence-electron chi connectivity index (χ3n) is 2.42. The Balaban J connectivity index is 2.55. The Hall–Kier alpha value is -0.340. The van der Waals surface area contributed by atoms with Crippen LogP contribution in [0.1, 0.15) is 33.1 Å². The van der Waals surface area contributed by atoms with E-state index >= 15 is 0 Å². The van der Waals surface area contributed by atoms with Crippen molar-refractivity contribution in [2.75, 3.05) is 19.7 Å². The molecule has 0 aromatic carbocycles. The van der Waals surface area contributed by atoms with Crippen molar-refractivity contribution < 1.29 is 4.74 Å². The molecule has 1 fully saturated rings. The molecule has 1 atom stereocenters. The number of ether oxygens (including phenoxy) is 1. The molecular weight excluding hydrogens is 162 g/mol. The van der Waals surface area contributed by atoms with Crippen LogP contribution in [0.2, 0.25) is 0 Å². The quantitative estimate of drug-likeness (QED) is 0.674. The normalized spacial score (nSPS) is 29.7. The molecule has 1 aliphatic heterocycles. The average Bonchev–Trinajstić information content (AvgIpc) is 2.17. The van der Waals surface area contributed by atoms with Gasteiger partial charge in [-0.15, -0.1) is 0 Å². The van der Waals surface area contributed by atoms with Gasteiger partial charge >= 0.3 is 0 Å². The fourth-order valence-corrected chi connectivity index (χ4v) is 1.78. The first kappa shape index (κ1) is 10.7. The second kappa shape index (κ2) is 5.40. The summed E-state index contributed by atoms with van der Waals surface area (Å²) in [6, 6.07) is 0. The van der Waals surface area contributed by atoms with Gasteiger partial charge in [-0.2, -0.15) is 0 Å². The van der Waals surface area contributed by atoms with Crippen LogP contribution >= 0.6 is 0 Å². The first-order valence-corrected chi connectivity index (χ1v) is 5.35. The molecule has 0 aromatic heterocycles. The second-order valence-corrected chi connectivity index (χ2v) is 3.65. The average molecular weight is 183 g/mol. The Morgan fingerprint density at radius 1 is 1.46 bits per heavy atom. The molecule has 1 saturated heterocycles. The predicted octanol–water partition coefficient (Wildman–Crippen LogP) is 2.11. The Kier molecular flexibility index (Phi) is 4.46. The SMILES string of the molecule is CCC=CC1(CCC)CNCCO1. The van der Waals surface area contributed by atoms with Gasteiger partial charge in [0.05, 0.1) is 12.2 Å². The molecule has 1 unspecified atom stereocenters. The zero-order valence-corrected chi connectivity index (χ0v) is 8.81. The molecule has 0 aliphatic carbocycles. The van der Waals surface area contributed by atoms with Gasteiger partial charge in [-0.1, -0.05) is 32.4 Å². The van der Waals surface area contributed by atoms with E-state index in [2.05, 4.69) is 31.3 Å². The summed E-state index contributed by atoms with van der Waals surface area (Å²) in [6.45, 7) is 7.17. The van der Waals surface area contributed by atoms with Crippen LogP contribution in [-0.4, -0.2) is 25.3 Å². The summed E-state index contributed by atoms with van der Waals surface area (Å²) in [7, 11) is 0. The van der Waals surface area contributed by atoms with Crippen LogP contribution in [0.25, 0.3) is 0 Å². The van der Waals surface area contributed by atoms with E-state index in [1.165, 1.54) is 6.42 Å². The maximum atomic E-state index is 5.86. The first-order chi connectivity index (χ1) is 6.33. The highest BCUT2D eigenvalue weighted by Crippen LogP contribution is 2.21. The first-order valence-electron chi connectivity index (χ1n) is 5.35. The van der Waals surface area contributed by atoms with E-state index in [-0.39, 0.29) is 5.60 Å². The van der Waals surface area contributed by atoms with Gasteiger partial charge in [0.15, 0.2) is 0 Å². The monoisotopic (exact) mass is 183 g/mol. The van der Waals surface area contributed by atoms with Crippen LogP contribution in [0.3, 0.4) is 0 Å². The van der Waals surface area contributed by atoms with E-state index in [9.17, 15) is 0 Å². The summed E-state index contributed by atoms with van der Waals surface area (Å²) < 4.78 is 5.86. The lowest BCUT2D eigenvalue weighted by Gasteiger charge is -2.35. The van der Waals surface area contributed by atoms with Crippen molar-refractivity contribution >= 4 is 0 Å². The Morgan fingerprint density at radius 2 is 2.31 bits per heavy atom. The molecule has 0 saturated carbocycles. The molecule has 13 heavy (non-hydrogen) atoms. The maximum absolute atomic E-state index is 5.86.